The maximum absolute atomic E-state index is 3.73. The first kappa shape index (κ1) is 7.81. The summed E-state index contributed by atoms with van der Waals surface area (Å²) in [6.07, 6.45) is 7.42. The van der Waals surface area contributed by atoms with Gasteiger partial charge in [-0.25, -0.2) is 0 Å². The van der Waals surface area contributed by atoms with Gasteiger partial charge in [0.25, 0.3) is 0 Å². The van der Waals surface area contributed by atoms with Crippen molar-refractivity contribution in [2.45, 2.75) is 38.8 Å². The maximum Gasteiger partial charge on any atom is 0.0354 e. The van der Waals surface area contributed by atoms with Crippen LogP contribution in [0.25, 0.3) is 0 Å². The average Bonchev–Trinajstić information content (AvgIpc) is 2.66. The fraction of sp³-hybridized carbons (Fsp3) is 0.667. The number of allylic oxidation sites excluding steroid dienone is 2. The lowest BCUT2D eigenvalue weighted by molar-refractivity contribution is 0.403. The molecule has 0 amide bonds. The molecule has 4 atom stereocenters. The van der Waals surface area contributed by atoms with Gasteiger partial charge in [0, 0.05) is 12.1 Å². The zero-order valence-electron chi connectivity index (χ0n) is 8.38. The molecule has 70 valence electrons. The highest BCUT2D eigenvalue weighted by molar-refractivity contribution is 5.49. The van der Waals surface area contributed by atoms with E-state index in [1.54, 1.807) is 11.1 Å². The summed E-state index contributed by atoms with van der Waals surface area (Å²) in [5, 5.41) is 3.73. The van der Waals surface area contributed by atoms with E-state index in [4.69, 9.17) is 0 Å². The Hall–Kier alpha value is -0.560. The second-order valence-electron chi connectivity index (χ2n) is 4.74. The number of hydrogen-bond donors (Lipinski definition) is 1. The number of rotatable bonds is 0. The van der Waals surface area contributed by atoms with Crippen molar-refractivity contribution in [2.24, 2.45) is 11.8 Å². The standard InChI is InChI=1S/C12H17N/c1-7-8(2)12-10-6-4-3-5-9(10)11(7)13-12/h5-8,11-13H,3-4H2,1-2H3. The number of fused-ring (bicyclic) bond motifs is 5. The highest BCUT2D eigenvalue weighted by Gasteiger charge is 2.48. The van der Waals surface area contributed by atoms with Gasteiger partial charge in [0.1, 0.15) is 0 Å². The van der Waals surface area contributed by atoms with Gasteiger partial charge in [-0.15, -0.1) is 0 Å². The summed E-state index contributed by atoms with van der Waals surface area (Å²) < 4.78 is 0. The Morgan fingerprint density at radius 1 is 1.00 bits per heavy atom. The third-order valence-electron chi connectivity index (χ3n) is 4.14. The quantitative estimate of drug-likeness (QED) is 0.595. The predicted octanol–water partition coefficient (Wildman–Crippen LogP) is 2.26. The van der Waals surface area contributed by atoms with E-state index in [9.17, 15) is 0 Å². The molecule has 13 heavy (non-hydrogen) atoms. The molecule has 2 saturated heterocycles. The molecule has 0 saturated carbocycles. The van der Waals surface area contributed by atoms with Crippen LogP contribution in [0.2, 0.25) is 0 Å². The Morgan fingerprint density at radius 3 is 1.92 bits per heavy atom. The Kier molecular flexibility index (Phi) is 1.49. The minimum atomic E-state index is 0.673. The molecule has 0 spiro atoms. The molecule has 1 N–H and O–H groups in total. The largest absolute Gasteiger partial charge is 0.303 e. The third-order valence-corrected chi connectivity index (χ3v) is 4.14. The van der Waals surface area contributed by atoms with Crippen LogP contribution in [0.15, 0.2) is 23.3 Å². The summed E-state index contributed by atoms with van der Waals surface area (Å²) in [5.41, 5.74) is 3.25. The van der Waals surface area contributed by atoms with Crippen LogP contribution in [0.1, 0.15) is 26.7 Å². The van der Waals surface area contributed by atoms with E-state index in [2.05, 4.69) is 31.3 Å². The molecule has 3 rings (SSSR count). The molecule has 3 aliphatic rings. The molecule has 0 aromatic rings. The van der Waals surface area contributed by atoms with Crippen molar-refractivity contribution in [3.63, 3.8) is 0 Å². The van der Waals surface area contributed by atoms with Crippen molar-refractivity contribution in [1.82, 2.24) is 5.32 Å². The first-order chi connectivity index (χ1) is 6.29. The second-order valence-corrected chi connectivity index (χ2v) is 4.74. The Bertz CT molecular complexity index is 270. The summed E-state index contributed by atoms with van der Waals surface area (Å²) in [5.74, 6) is 1.65. The molecule has 1 heteroatoms. The molecule has 0 aromatic carbocycles. The van der Waals surface area contributed by atoms with E-state index >= 15 is 0 Å². The first-order valence-electron chi connectivity index (χ1n) is 5.45. The first-order valence-corrected chi connectivity index (χ1v) is 5.45. The SMILES string of the molecule is CC1C2NC(C3=CCCC=C32)C1C. The van der Waals surface area contributed by atoms with Crippen LogP contribution in [0.5, 0.6) is 0 Å². The van der Waals surface area contributed by atoms with Gasteiger partial charge in [-0.05, 0) is 35.8 Å². The summed E-state index contributed by atoms with van der Waals surface area (Å²) in [7, 11) is 0. The molecule has 2 bridgehead atoms. The molecule has 1 aliphatic carbocycles. The van der Waals surface area contributed by atoms with Crippen molar-refractivity contribution in [3.05, 3.63) is 23.3 Å². The fourth-order valence-corrected chi connectivity index (χ4v) is 3.18. The van der Waals surface area contributed by atoms with Gasteiger partial charge in [0.05, 0.1) is 0 Å². The number of hydrogen-bond acceptors (Lipinski definition) is 1. The highest BCUT2D eigenvalue weighted by atomic mass is 15.1. The van der Waals surface area contributed by atoms with Crippen LogP contribution in [0.3, 0.4) is 0 Å². The molecular weight excluding hydrogens is 158 g/mol. The summed E-state index contributed by atoms with van der Waals surface area (Å²) in [6, 6.07) is 1.35. The Labute approximate surface area is 79.9 Å². The van der Waals surface area contributed by atoms with E-state index in [-0.39, 0.29) is 0 Å². The average molecular weight is 175 g/mol. The van der Waals surface area contributed by atoms with Crippen molar-refractivity contribution < 1.29 is 0 Å². The summed E-state index contributed by atoms with van der Waals surface area (Å²) in [6.45, 7) is 4.77. The molecule has 2 fully saturated rings. The van der Waals surface area contributed by atoms with Crippen LogP contribution >= 0.6 is 0 Å². The smallest absolute Gasteiger partial charge is 0.0354 e. The van der Waals surface area contributed by atoms with Crippen LogP contribution in [-0.2, 0) is 0 Å². The van der Waals surface area contributed by atoms with E-state index in [0.29, 0.717) is 12.1 Å². The maximum atomic E-state index is 3.73. The highest BCUT2D eigenvalue weighted by Crippen LogP contribution is 2.46. The molecule has 0 aromatic heterocycles. The summed E-state index contributed by atoms with van der Waals surface area (Å²) >= 11 is 0. The minimum Gasteiger partial charge on any atom is -0.303 e. The van der Waals surface area contributed by atoms with Crippen molar-refractivity contribution >= 4 is 0 Å². The Morgan fingerprint density at radius 2 is 1.46 bits per heavy atom. The molecule has 4 unspecified atom stereocenters. The van der Waals surface area contributed by atoms with Gasteiger partial charge in [-0.2, -0.15) is 0 Å². The zero-order valence-corrected chi connectivity index (χ0v) is 8.38. The van der Waals surface area contributed by atoms with Gasteiger partial charge in [0.15, 0.2) is 0 Å². The van der Waals surface area contributed by atoms with E-state index in [0.717, 1.165) is 11.8 Å². The van der Waals surface area contributed by atoms with Crippen molar-refractivity contribution in [3.8, 4) is 0 Å². The molecule has 0 radical (unpaired) electrons. The molecule has 2 aliphatic heterocycles. The lowest BCUT2D eigenvalue weighted by Crippen LogP contribution is -2.26. The zero-order chi connectivity index (χ0) is 9.00. The van der Waals surface area contributed by atoms with Crippen LogP contribution in [0, 0.1) is 11.8 Å². The van der Waals surface area contributed by atoms with Gasteiger partial charge in [0.2, 0.25) is 0 Å². The minimum absolute atomic E-state index is 0.673. The van der Waals surface area contributed by atoms with Gasteiger partial charge < -0.3 is 5.32 Å². The van der Waals surface area contributed by atoms with E-state index in [1.165, 1.54) is 12.8 Å². The number of nitrogens with one attached hydrogen (secondary N) is 1. The van der Waals surface area contributed by atoms with E-state index < -0.39 is 0 Å². The normalized spacial score (nSPS) is 47.2. The molecular formula is C12H17N. The lowest BCUT2D eigenvalue weighted by atomic mass is 9.74. The van der Waals surface area contributed by atoms with Crippen LogP contribution in [-0.4, -0.2) is 12.1 Å². The second kappa shape index (κ2) is 2.48. The van der Waals surface area contributed by atoms with E-state index in [1.807, 2.05) is 0 Å². The summed E-state index contributed by atoms with van der Waals surface area (Å²) in [4.78, 5) is 0. The predicted molar refractivity (Wildman–Crippen MR) is 54.4 cm³/mol. The lowest BCUT2D eigenvalue weighted by Gasteiger charge is -2.29. The van der Waals surface area contributed by atoms with Gasteiger partial charge in [-0.1, -0.05) is 26.0 Å². The fourth-order valence-electron chi connectivity index (χ4n) is 3.18. The van der Waals surface area contributed by atoms with Crippen molar-refractivity contribution in [2.75, 3.05) is 0 Å². The van der Waals surface area contributed by atoms with Crippen LogP contribution < -0.4 is 5.32 Å². The van der Waals surface area contributed by atoms with Gasteiger partial charge in [-0.3, -0.25) is 0 Å². The Balaban J connectivity index is 2.05. The third kappa shape index (κ3) is 0.859. The molecule has 1 nitrogen and oxygen atoms in total. The molecule has 2 heterocycles. The topological polar surface area (TPSA) is 12.0 Å². The van der Waals surface area contributed by atoms with Crippen LogP contribution in [0.4, 0.5) is 0 Å². The monoisotopic (exact) mass is 175 g/mol. The van der Waals surface area contributed by atoms with Crippen molar-refractivity contribution in [1.29, 1.82) is 0 Å². The van der Waals surface area contributed by atoms with Gasteiger partial charge >= 0.3 is 0 Å².